The van der Waals surface area contributed by atoms with Crippen LogP contribution in [0.5, 0.6) is 0 Å². The summed E-state index contributed by atoms with van der Waals surface area (Å²) in [7, 11) is 0. The van der Waals surface area contributed by atoms with Gasteiger partial charge in [-0.1, -0.05) is 6.42 Å². The molecular formula is C14H14F4O2. The number of carbonyl (C=O) groups is 1. The van der Waals surface area contributed by atoms with Crippen LogP contribution in [-0.2, 0) is 10.9 Å². The van der Waals surface area contributed by atoms with E-state index in [-0.39, 0.29) is 11.7 Å². The van der Waals surface area contributed by atoms with Crippen molar-refractivity contribution in [1.29, 1.82) is 0 Å². The van der Waals surface area contributed by atoms with Crippen molar-refractivity contribution in [1.82, 2.24) is 0 Å². The van der Waals surface area contributed by atoms with Gasteiger partial charge in [-0.15, -0.1) is 0 Å². The van der Waals surface area contributed by atoms with E-state index >= 15 is 0 Å². The Morgan fingerprint density at radius 3 is 2.35 bits per heavy atom. The van der Waals surface area contributed by atoms with Gasteiger partial charge in [-0.3, -0.25) is 0 Å². The van der Waals surface area contributed by atoms with Gasteiger partial charge in [0, 0.05) is 0 Å². The molecule has 0 unspecified atom stereocenters. The van der Waals surface area contributed by atoms with E-state index < -0.39 is 23.5 Å². The molecule has 20 heavy (non-hydrogen) atoms. The highest BCUT2D eigenvalue weighted by Crippen LogP contribution is 2.31. The number of hydrogen-bond donors (Lipinski definition) is 0. The van der Waals surface area contributed by atoms with Gasteiger partial charge in [0.25, 0.3) is 0 Å². The molecule has 0 saturated heterocycles. The normalized spacial score (nSPS) is 17.0. The van der Waals surface area contributed by atoms with Gasteiger partial charge in [-0.05, 0) is 43.9 Å². The van der Waals surface area contributed by atoms with Crippen LogP contribution in [-0.4, -0.2) is 12.1 Å². The molecule has 1 aliphatic rings. The van der Waals surface area contributed by atoms with Crippen molar-refractivity contribution in [2.45, 2.75) is 44.4 Å². The smallest absolute Gasteiger partial charge is 0.419 e. The summed E-state index contributed by atoms with van der Waals surface area (Å²) >= 11 is 0. The third-order valence-electron chi connectivity index (χ3n) is 3.34. The number of hydrogen-bond acceptors (Lipinski definition) is 2. The lowest BCUT2D eigenvalue weighted by Gasteiger charge is -2.21. The lowest BCUT2D eigenvalue weighted by molar-refractivity contribution is -0.140. The standard InChI is InChI=1S/C14H14F4O2/c15-12-8-9(6-7-11(12)14(16,17)18)13(19)20-10-4-2-1-3-5-10/h6-8,10H,1-5H2. The maximum absolute atomic E-state index is 13.4. The number of rotatable bonds is 2. The molecule has 1 aliphatic carbocycles. The maximum Gasteiger partial charge on any atom is 0.419 e. The van der Waals surface area contributed by atoms with Crippen LogP contribution in [0.2, 0.25) is 0 Å². The summed E-state index contributed by atoms with van der Waals surface area (Å²) in [6, 6.07) is 2.08. The van der Waals surface area contributed by atoms with Crippen molar-refractivity contribution in [3.8, 4) is 0 Å². The number of carbonyl (C=O) groups excluding carboxylic acids is 1. The van der Waals surface area contributed by atoms with E-state index in [0.717, 1.165) is 38.2 Å². The minimum atomic E-state index is -4.77. The number of halogens is 4. The van der Waals surface area contributed by atoms with Crippen molar-refractivity contribution < 1.29 is 27.1 Å². The summed E-state index contributed by atoms with van der Waals surface area (Å²) in [6.45, 7) is 0. The Hall–Kier alpha value is -1.59. The molecule has 1 aromatic rings. The lowest BCUT2D eigenvalue weighted by atomic mass is 9.98. The monoisotopic (exact) mass is 290 g/mol. The molecule has 0 heterocycles. The summed E-state index contributed by atoms with van der Waals surface area (Å²) < 4.78 is 55.7. The van der Waals surface area contributed by atoms with Crippen LogP contribution in [0.15, 0.2) is 18.2 Å². The number of ether oxygens (including phenoxy) is 1. The quantitative estimate of drug-likeness (QED) is 0.598. The first-order valence-electron chi connectivity index (χ1n) is 6.45. The second-order valence-electron chi connectivity index (χ2n) is 4.86. The minimum absolute atomic E-state index is 0.193. The summed E-state index contributed by atoms with van der Waals surface area (Å²) in [5.41, 5.74) is -1.58. The van der Waals surface area contributed by atoms with E-state index in [1.807, 2.05) is 0 Å². The predicted octanol–water partition coefficient (Wildman–Crippen LogP) is 4.33. The van der Waals surface area contributed by atoms with E-state index in [2.05, 4.69) is 0 Å². The third-order valence-corrected chi connectivity index (χ3v) is 3.34. The zero-order valence-corrected chi connectivity index (χ0v) is 10.7. The van der Waals surface area contributed by atoms with E-state index in [0.29, 0.717) is 12.1 Å². The van der Waals surface area contributed by atoms with E-state index in [1.165, 1.54) is 0 Å². The first-order chi connectivity index (χ1) is 9.38. The van der Waals surface area contributed by atoms with Crippen LogP contribution in [0.3, 0.4) is 0 Å². The molecule has 1 saturated carbocycles. The number of alkyl halides is 3. The topological polar surface area (TPSA) is 26.3 Å². The minimum Gasteiger partial charge on any atom is -0.459 e. The Kier molecular flexibility index (Phi) is 4.30. The molecule has 0 atom stereocenters. The van der Waals surface area contributed by atoms with Gasteiger partial charge in [0.15, 0.2) is 0 Å². The van der Waals surface area contributed by atoms with E-state index in [9.17, 15) is 22.4 Å². The molecular weight excluding hydrogens is 276 g/mol. The molecule has 2 nitrogen and oxygen atoms in total. The highest BCUT2D eigenvalue weighted by molar-refractivity contribution is 5.89. The van der Waals surface area contributed by atoms with Crippen molar-refractivity contribution in [2.75, 3.05) is 0 Å². The van der Waals surface area contributed by atoms with Crippen molar-refractivity contribution in [3.63, 3.8) is 0 Å². The van der Waals surface area contributed by atoms with Crippen LogP contribution in [0.1, 0.15) is 48.0 Å². The number of esters is 1. The molecule has 1 aromatic carbocycles. The van der Waals surface area contributed by atoms with E-state index in [4.69, 9.17) is 4.74 Å². The van der Waals surface area contributed by atoms with E-state index in [1.54, 1.807) is 0 Å². The highest BCUT2D eigenvalue weighted by atomic mass is 19.4. The summed E-state index contributed by atoms with van der Waals surface area (Å²) in [5, 5.41) is 0. The van der Waals surface area contributed by atoms with Gasteiger partial charge in [-0.2, -0.15) is 13.2 Å². The zero-order valence-electron chi connectivity index (χ0n) is 10.7. The molecule has 110 valence electrons. The largest absolute Gasteiger partial charge is 0.459 e. The fraction of sp³-hybridized carbons (Fsp3) is 0.500. The van der Waals surface area contributed by atoms with Crippen LogP contribution >= 0.6 is 0 Å². The third kappa shape index (κ3) is 3.49. The fourth-order valence-electron chi connectivity index (χ4n) is 2.27. The summed E-state index contributed by atoms with van der Waals surface area (Å²) in [6.07, 6.45) is -0.497. The molecule has 0 aliphatic heterocycles. The average molecular weight is 290 g/mol. The lowest BCUT2D eigenvalue weighted by Crippen LogP contribution is -2.21. The Labute approximate surface area is 113 Å². The van der Waals surface area contributed by atoms with Gasteiger partial charge < -0.3 is 4.74 Å². The van der Waals surface area contributed by atoms with Crippen LogP contribution in [0.4, 0.5) is 17.6 Å². The second-order valence-corrected chi connectivity index (χ2v) is 4.86. The molecule has 0 spiro atoms. The Bertz CT molecular complexity index is 490. The Morgan fingerprint density at radius 1 is 1.15 bits per heavy atom. The van der Waals surface area contributed by atoms with Gasteiger partial charge in [0.1, 0.15) is 11.9 Å². The molecule has 2 rings (SSSR count). The van der Waals surface area contributed by atoms with Gasteiger partial charge in [0.05, 0.1) is 11.1 Å². The van der Waals surface area contributed by atoms with Gasteiger partial charge in [0.2, 0.25) is 0 Å². The Morgan fingerprint density at radius 2 is 1.80 bits per heavy atom. The molecule has 0 radical (unpaired) electrons. The second kappa shape index (κ2) is 5.81. The Balaban J connectivity index is 2.09. The molecule has 6 heteroatoms. The molecule has 0 bridgehead atoms. The predicted molar refractivity (Wildman–Crippen MR) is 63.7 cm³/mol. The fourth-order valence-corrected chi connectivity index (χ4v) is 2.27. The van der Waals surface area contributed by atoms with Crippen LogP contribution < -0.4 is 0 Å². The summed E-state index contributed by atoms with van der Waals surface area (Å²) in [4.78, 5) is 11.8. The first-order valence-corrected chi connectivity index (χ1v) is 6.45. The molecule has 0 amide bonds. The van der Waals surface area contributed by atoms with Crippen molar-refractivity contribution in [2.24, 2.45) is 0 Å². The number of benzene rings is 1. The van der Waals surface area contributed by atoms with Crippen molar-refractivity contribution in [3.05, 3.63) is 35.1 Å². The first kappa shape index (κ1) is 14.8. The average Bonchev–Trinajstić information content (AvgIpc) is 2.38. The van der Waals surface area contributed by atoms with Crippen LogP contribution in [0.25, 0.3) is 0 Å². The molecule has 0 N–H and O–H groups in total. The maximum atomic E-state index is 13.4. The zero-order chi connectivity index (χ0) is 14.8. The summed E-state index contributed by atoms with van der Waals surface area (Å²) in [5.74, 6) is -2.24. The highest BCUT2D eigenvalue weighted by Gasteiger charge is 2.34. The molecule has 0 aromatic heterocycles. The van der Waals surface area contributed by atoms with Crippen LogP contribution in [0, 0.1) is 5.82 Å². The molecule has 1 fully saturated rings. The SMILES string of the molecule is O=C(OC1CCCCC1)c1ccc(C(F)(F)F)c(F)c1. The van der Waals surface area contributed by atoms with Gasteiger partial charge in [-0.25, -0.2) is 9.18 Å². The van der Waals surface area contributed by atoms with Gasteiger partial charge >= 0.3 is 12.1 Å². The van der Waals surface area contributed by atoms with Crippen molar-refractivity contribution >= 4 is 5.97 Å².